The molecular formula is C9H21NO2S. The molecule has 0 aromatic carbocycles. The fourth-order valence-electron chi connectivity index (χ4n) is 0.865. The van der Waals surface area contributed by atoms with E-state index in [1.807, 2.05) is 13.8 Å². The highest BCUT2D eigenvalue weighted by Gasteiger charge is 2.20. The Morgan fingerprint density at radius 3 is 1.92 bits per heavy atom. The van der Waals surface area contributed by atoms with Crippen LogP contribution in [0.15, 0.2) is 0 Å². The second kappa shape index (κ2) is 4.96. The van der Waals surface area contributed by atoms with Crippen LogP contribution in [0.5, 0.6) is 0 Å². The number of hydrogen-bond donors (Lipinski definition) is 1. The minimum absolute atomic E-state index is 0.0254. The molecule has 2 atom stereocenters. The first kappa shape index (κ1) is 12.9. The first-order chi connectivity index (χ1) is 5.81. The Morgan fingerprint density at radius 2 is 1.62 bits per heavy atom. The van der Waals surface area contributed by atoms with Gasteiger partial charge >= 0.3 is 0 Å². The lowest BCUT2D eigenvalue weighted by Crippen LogP contribution is -2.40. The molecule has 2 unspecified atom stereocenters. The minimum atomic E-state index is -3.10. The maximum atomic E-state index is 11.5. The molecule has 0 fully saturated rings. The maximum absolute atomic E-state index is 11.5. The molecule has 0 spiro atoms. The molecule has 0 bridgehead atoms. The van der Waals surface area contributed by atoms with Gasteiger partial charge in [-0.15, -0.1) is 0 Å². The largest absolute Gasteiger partial charge is 0.214 e. The van der Waals surface area contributed by atoms with E-state index in [1.165, 1.54) is 0 Å². The van der Waals surface area contributed by atoms with Crippen LogP contribution in [0.3, 0.4) is 0 Å². The molecule has 3 nitrogen and oxygen atoms in total. The van der Waals surface area contributed by atoms with Gasteiger partial charge in [-0.25, -0.2) is 13.1 Å². The van der Waals surface area contributed by atoms with Crippen molar-refractivity contribution >= 4 is 10.0 Å². The van der Waals surface area contributed by atoms with E-state index < -0.39 is 10.0 Å². The maximum Gasteiger partial charge on any atom is 0.214 e. The summed E-state index contributed by atoms with van der Waals surface area (Å²) in [6.07, 6.45) is 0.988. The van der Waals surface area contributed by atoms with E-state index in [1.54, 1.807) is 13.8 Å². The van der Waals surface area contributed by atoms with Crippen molar-refractivity contribution in [1.82, 2.24) is 4.72 Å². The summed E-state index contributed by atoms with van der Waals surface area (Å²) in [6.45, 7) is 9.39. The van der Waals surface area contributed by atoms with Gasteiger partial charge in [-0.05, 0) is 26.7 Å². The van der Waals surface area contributed by atoms with E-state index in [4.69, 9.17) is 0 Å². The predicted octanol–water partition coefficient (Wildman–Crippen LogP) is 1.75. The zero-order valence-corrected chi connectivity index (χ0v) is 9.98. The number of nitrogens with one attached hydrogen (secondary N) is 1. The first-order valence-electron chi connectivity index (χ1n) is 4.82. The van der Waals surface area contributed by atoms with Crippen molar-refractivity contribution in [2.75, 3.05) is 0 Å². The fraction of sp³-hybridized carbons (Fsp3) is 1.00. The number of rotatable bonds is 5. The van der Waals surface area contributed by atoms with Crippen LogP contribution in [-0.4, -0.2) is 19.7 Å². The summed E-state index contributed by atoms with van der Waals surface area (Å²) in [7, 11) is -3.10. The summed E-state index contributed by atoms with van der Waals surface area (Å²) in [5, 5.41) is -0.348. The Morgan fingerprint density at radius 1 is 1.15 bits per heavy atom. The Labute approximate surface area is 82.0 Å². The van der Waals surface area contributed by atoms with Gasteiger partial charge < -0.3 is 0 Å². The van der Waals surface area contributed by atoms with Gasteiger partial charge in [0.2, 0.25) is 10.0 Å². The summed E-state index contributed by atoms with van der Waals surface area (Å²) in [5.74, 6) is 0.383. The van der Waals surface area contributed by atoms with Crippen LogP contribution < -0.4 is 4.72 Å². The van der Waals surface area contributed by atoms with Crippen molar-refractivity contribution < 1.29 is 8.42 Å². The topological polar surface area (TPSA) is 46.2 Å². The lowest BCUT2D eigenvalue weighted by Gasteiger charge is -2.21. The van der Waals surface area contributed by atoms with Gasteiger partial charge in [0.1, 0.15) is 0 Å². The summed E-state index contributed by atoms with van der Waals surface area (Å²) < 4.78 is 25.6. The Balaban J connectivity index is 4.29. The van der Waals surface area contributed by atoms with E-state index in [0.29, 0.717) is 5.92 Å². The van der Waals surface area contributed by atoms with E-state index in [-0.39, 0.29) is 11.3 Å². The molecule has 0 aromatic heterocycles. The first-order valence-corrected chi connectivity index (χ1v) is 6.37. The van der Waals surface area contributed by atoms with Gasteiger partial charge in [0.25, 0.3) is 0 Å². The van der Waals surface area contributed by atoms with Crippen molar-refractivity contribution in [3.63, 3.8) is 0 Å². The average molecular weight is 207 g/mol. The molecule has 0 saturated carbocycles. The zero-order chi connectivity index (χ0) is 10.6. The highest BCUT2D eigenvalue weighted by molar-refractivity contribution is 7.90. The molecule has 0 saturated heterocycles. The Bertz CT molecular complexity index is 234. The van der Waals surface area contributed by atoms with Crippen LogP contribution in [-0.2, 0) is 10.0 Å². The number of hydrogen-bond acceptors (Lipinski definition) is 2. The van der Waals surface area contributed by atoms with Crippen molar-refractivity contribution in [1.29, 1.82) is 0 Å². The SMILES string of the molecule is CCC(C)C(C)NS(=O)(=O)C(C)C. The highest BCUT2D eigenvalue weighted by atomic mass is 32.2. The van der Waals surface area contributed by atoms with Gasteiger partial charge in [-0.1, -0.05) is 20.3 Å². The molecule has 0 rings (SSSR count). The molecule has 4 heteroatoms. The molecule has 0 amide bonds. The summed E-state index contributed by atoms with van der Waals surface area (Å²) in [4.78, 5) is 0. The van der Waals surface area contributed by atoms with Gasteiger partial charge in [0, 0.05) is 6.04 Å². The van der Waals surface area contributed by atoms with E-state index >= 15 is 0 Å². The molecular weight excluding hydrogens is 186 g/mol. The van der Waals surface area contributed by atoms with Crippen LogP contribution in [0, 0.1) is 5.92 Å². The van der Waals surface area contributed by atoms with Crippen LogP contribution in [0.25, 0.3) is 0 Å². The molecule has 0 heterocycles. The molecule has 0 aliphatic carbocycles. The predicted molar refractivity (Wildman–Crippen MR) is 56.1 cm³/mol. The van der Waals surface area contributed by atoms with Crippen molar-refractivity contribution in [2.24, 2.45) is 5.92 Å². The molecule has 0 aliphatic rings. The van der Waals surface area contributed by atoms with Crippen molar-refractivity contribution in [2.45, 2.75) is 52.3 Å². The van der Waals surface area contributed by atoms with Gasteiger partial charge in [0.05, 0.1) is 5.25 Å². The van der Waals surface area contributed by atoms with E-state index in [0.717, 1.165) is 6.42 Å². The van der Waals surface area contributed by atoms with Gasteiger partial charge in [-0.2, -0.15) is 0 Å². The molecule has 0 radical (unpaired) electrons. The molecule has 0 aliphatic heterocycles. The lowest BCUT2D eigenvalue weighted by atomic mass is 10.0. The molecule has 1 N–H and O–H groups in total. The summed E-state index contributed by atoms with van der Waals surface area (Å²) in [5.41, 5.74) is 0. The third-order valence-corrected chi connectivity index (χ3v) is 4.41. The van der Waals surface area contributed by atoms with Crippen molar-refractivity contribution in [3.05, 3.63) is 0 Å². The van der Waals surface area contributed by atoms with Gasteiger partial charge in [0.15, 0.2) is 0 Å². The van der Waals surface area contributed by atoms with Crippen LogP contribution in [0.2, 0.25) is 0 Å². The number of sulfonamides is 1. The monoisotopic (exact) mass is 207 g/mol. The van der Waals surface area contributed by atoms with Crippen molar-refractivity contribution in [3.8, 4) is 0 Å². The second-order valence-corrected chi connectivity index (χ2v) is 6.15. The Hall–Kier alpha value is -0.0900. The normalized spacial score (nSPS) is 17.4. The van der Waals surface area contributed by atoms with E-state index in [9.17, 15) is 8.42 Å². The van der Waals surface area contributed by atoms with Crippen LogP contribution >= 0.6 is 0 Å². The lowest BCUT2D eigenvalue weighted by molar-refractivity contribution is 0.432. The summed E-state index contributed by atoms with van der Waals surface area (Å²) in [6, 6.07) is 0.0254. The third kappa shape index (κ3) is 4.09. The molecule has 80 valence electrons. The van der Waals surface area contributed by atoms with Crippen LogP contribution in [0.4, 0.5) is 0 Å². The van der Waals surface area contributed by atoms with E-state index in [2.05, 4.69) is 11.6 Å². The van der Waals surface area contributed by atoms with Crippen LogP contribution in [0.1, 0.15) is 41.0 Å². The third-order valence-electron chi connectivity index (χ3n) is 2.47. The quantitative estimate of drug-likeness (QED) is 0.746. The standard InChI is InChI=1S/C9H21NO2S/c1-6-8(4)9(5)10-13(11,12)7(2)3/h7-10H,6H2,1-5H3. The Kier molecular flexibility index (Phi) is 4.92. The smallest absolute Gasteiger partial charge is 0.212 e. The summed E-state index contributed by atoms with van der Waals surface area (Å²) >= 11 is 0. The zero-order valence-electron chi connectivity index (χ0n) is 9.16. The molecule has 13 heavy (non-hydrogen) atoms. The minimum Gasteiger partial charge on any atom is -0.212 e. The average Bonchev–Trinajstić information content (AvgIpc) is 2.01. The molecule has 0 aromatic rings. The second-order valence-electron chi connectivity index (χ2n) is 3.89. The fourth-order valence-corrected chi connectivity index (χ4v) is 1.89. The highest BCUT2D eigenvalue weighted by Crippen LogP contribution is 2.09. The van der Waals surface area contributed by atoms with Gasteiger partial charge in [-0.3, -0.25) is 0 Å².